The van der Waals surface area contributed by atoms with Crippen LogP contribution >= 0.6 is 11.6 Å². The van der Waals surface area contributed by atoms with Crippen molar-refractivity contribution >= 4 is 17.3 Å². The van der Waals surface area contributed by atoms with Crippen LogP contribution in [0.1, 0.15) is 24.1 Å². The van der Waals surface area contributed by atoms with Gasteiger partial charge in [-0.1, -0.05) is 54.1 Å². The van der Waals surface area contributed by atoms with E-state index in [-0.39, 0.29) is 0 Å². The summed E-state index contributed by atoms with van der Waals surface area (Å²) in [6.07, 6.45) is 0. The quantitative estimate of drug-likeness (QED) is 0.895. The van der Waals surface area contributed by atoms with Crippen molar-refractivity contribution in [2.45, 2.75) is 25.9 Å². The van der Waals surface area contributed by atoms with Crippen molar-refractivity contribution < 1.29 is 0 Å². The minimum atomic E-state index is 0.345. The summed E-state index contributed by atoms with van der Waals surface area (Å²) in [6.45, 7) is 6.28. The molecule has 2 aromatic rings. The van der Waals surface area contributed by atoms with Crippen molar-refractivity contribution in [1.29, 1.82) is 0 Å². The van der Waals surface area contributed by atoms with Gasteiger partial charge in [-0.05, 0) is 31.0 Å². The Hall–Kier alpha value is -1.51. The van der Waals surface area contributed by atoms with Crippen LogP contribution in [0.5, 0.6) is 0 Å². The second kappa shape index (κ2) is 6.08. The Kier molecular flexibility index (Phi) is 4.18. The molecule has 2 nitrogen and oxygen atoms in total. The molecule has 2 atom stereocenters. The highest BCUT2D eigenvalue weighted by molar-refractivity contribution is 6.33. The van der Waals surface area contributed by atoms with Crippen LogP contribution in [0.3, 0.4) is 0 Å². The summed E-state index contributed by atoms with van der Waals surface area (Å²) in [5, 5.41) is 4.48. The molecule has 21 heavy (non-hydrogen) atoms. The molecule has 0 bridgehead atoms. The van der Waals surface area contributed by atoms with Gasteiger partial charge in [0.2, 0.25) is 0 Å². The number of rotatable bonds is 2. The lowest BCUT2D eigenvalue weighted by Gasteiger charge is -2.41. The highest BCUT2D eigenvalue weighted by Gasteiger charge is 2.28. The van der Waals surface area contributed by atoms with Gasteiger partial charge >= 0.3 is 0 Å². The molecule has 2 aromatic carbocycles. The van der Waals surface area contributed by atoms with Crippen LogP contribution in [0.2, 0.25) is 5.02 Å². The van der Waals surface area contributed by atoms with E-state index in [1.165, 1.54) is 16.8 Å². The van der Waals surface area contributed by atoms with Gasteiger partial charge in [0.15, 0.2) is 0 Å². The largest absolute Gasteiger partial charge is 0.364 e. The zero-order valence-corrected chi connectivity index (χ0v) is 13.3. The maximum Gasteiger partial charge on any atom is 0.0642 e. The summed E-state index contributed by atoms with van der Waals surface area (Å²) >= 11 is 6.46. The number of hydrogen-bond donors (Lipinski definition) is 1. The van der Waals surface area contributed by atoms with Crippen molar-refractivity contribution in [1.82, 2.24) is 5.32 Å². The van der Waals surface area contributed by atoms with Gasteiger partial charge in [0.05, 0.1) is 10.7 Å². The summed E-state index contributed by atoms with van der Waals surface area (Å²) in [5.41, 5.74) is 3.75. The zero-order valence-electron chi connectivity index (χ0n) is 12.5. The Morgan fingerprint density at radius 3 is 2.57 bits per heavy atom. The highest BCUT2D eigenvalue weighted by Crippen LogP contribution is 2.33. The molecule has 1 saturated heterocycles. The standard InChI is InChI=1S/C18H21ClN2/c1-13-7-6-10-16(19)18(13)21-12-17(20-11-14(21)2)15-8-4-3-5-9-15/h3-10,14,17,20H,11-12H2,1-2H3. The molecule has 2 unspecified atom stereocenters. The lowest BCUT2D eigenvalue weighted by atomic mass is 10.0. The lowest BCUT2D eigenvalue weighted by Crippen LogP contribution is -2.51. The van der Waals surface area contributed by atoms with Gasteiger partial charge in [0.1, 0.15) is 0 Å². The molecule has 1 heterocycles. The molecule has 0 radical (unpaired) electrons. The van der Waals surface area contributed by atoms with Crippen LogP contribution in [0.15, 0.2) is 48.5 Å². The van der Waals surface area contributed by atoms with Crippen molar-refractivity contribution in [3.05, 3.63) is 64.7 Å². The van der Waals surface area contributed by atoms with E-state index in [9.17, 15) is 0 Å². The summed E-state index contributed by atoms with van der Waals surface area (Å²) in [5.74, 6) is 0. The van der Waals surface area contributed by atoms with Gasteiger partial charge in [-0.3, -0.25) is 0 Å². The monoisotopic (exact) mass is 300 g/mol. The van der Waals surface area contributed by atoms with Crippen LogP contribution in [0, 0.1) is 6.92 Å². The third-order valence-electron chi connectivity index (χ3n) is 4.25. The number of piperazine rings is 1. The lowest BCUT2D eigenvalue weighted by molar-refractivity contribution is 0.414. The molecular formula is C18H21ClN2. The molecule has 1 aliphatic rings. The number of para-hydroxylation sites is 1. The number of nitrogens with one attached hydrogen (secondary N) is 1. The molecule has 3 rings (SSSR count). The van der Waals surface area contributed by atoms with E-state index < -0.39 is 0 Å². The highest BCUT2D eigenvalue weighted by atomic mass is 35.5. The van der Waals surface area contributed by atoms with Crippen molar-refractivity contribution in [2.24, 2.45) is 0 Å². The molecule has 0 amide bonds. The van der Waals surface area contributed by atoms with Gasteiger partial charge in [-0.25, -0.2) is 0 Å². The van der Waals surface area contributed by atoms with E-state index in [1.54, 1.807) is 0 Å². The van der Waals surface area contributed by atoms with Crippen molar-refractivity contribution in [3.63, 3.8) is 0 Å². The number of hydrogen-bond acceptors (Lipinski definition) is 2. The Morgan fingerprint density at radius 1 is 1.10 bits per heavy atom. The molecule has 1 fully saturated rings. The third kappa shape index (κ3) is 2.92. The van der Waals surface area contributed by atoms with Crippen LogP contribution in [0.25, 0.3) is 0 Å². The maximum absolute atomic E-state index is 6.46. The number of aryl methyl sites for hydroxylation is 1. The molecule has 0 saturated carbocycles. The minimum Gasteiger partial charge on any atom is -0.364 e. The first kappa shape index (κ1) is 14.4. The molecule has 0 aliphatic carbocycles. The summed E-state index contributed by atoms with van der Waals surface area (Å²) < 4.78 is 0. The van der Waals surface area contributed by atoms with Gasteiger partial charge in [0.25, 0.3) is 0 Å². The first-order valence-electron chi connectivity index (χ1n) is 7.47. The molecule has 1 aliphatic heterocycles. The molecule has 110 valence electrons. The van der Waals surface area contributed by atoms with Crippen molar-refractivity contribution in [2.75, 3.05) is 18.0 Å². The fraction of sp³-hybridized carbons (Fsp3) is 0.333. The average molecular weight is 301 g/mol. The van der Waals surface area contributed by atoms with Crippen LogP contribution in [-0.4, -0.2) is 19.1 Å². The fourth-order valence-electron chi connectivity index (χ4n) is 3.07. The van der Waals surface area contributed by atoms with Crippen LogP contribution in [-0.2, 0) is 0 Å². The topological polar surface area (TPSA) is 15.3 Å². The molecular weight excluding hydrogens is 280 g/mol. The van der Waals surface area contributed by atoms with Crippen LogP contribution in [0.4, 0.5) is 5.69 Å². The second-order valence-electron chi connectivity index (χ2n) is 5.78. The molecule has 1 N–H and O–H groups in total. The van der Waals surface area contributed by atoms with Gasteiger partial charge in [-0.2, -0.15) is 0 Å². The van der Waals surface area contributed by atoms with Gasteiger partial charge in [0, 0.05) is 25.2 Å². The zero-order chi connectivity index (χ0) is 14.8. The van der Waals surface area contributed by atoms with E-state index >= 15 is 0 Å². The van der Waals surface area contributed by atoms with E-state index in [2.05, 4.69) is 60.5 Å². The summed E-state index contributed by atoms with van der Waals surface area (Å²) in [4.78, 5) is 2.44. The second-order valence-corrected chi connectivity index (χ2v) is 6.19. The predicted octanol–water partition coefficient (Wildman–Crippen LogP) is 4.19. The molecule has 3 heteroatoms. The Balaban J connectivity index is 1.91. The van der Waals surface area contributed by atoms with Gasteiger partial charge < -0.3 is 10.2 Å². The van der Waals surface area contributed by atoms with Gasteiger partial charge in [-0.15, -0.1) is 0 Å². The van der Waals surface area contributed by atoms with E-state index in [1.807, 2.05) is 12.1 Å². The smallest absolute Gasteiger partial charge is 0.0642 e. The number of halogens is 1. The Labute approximate surface area is 131 Å². The minimum absolute atomic E-state index is 0.345. The van der Waals surface area contributed by atoms with E-state index in [0.29, 0.717) is 12.1 Å². The van der Waals surface area contributed by atoms with E-state index in [4.69, 9.17) is 11.6 Å². The summed E-state index contributed by atoms with van der Waals surface area (Å²) in [6, 6.07) is 17.5. The number of anilines is 1. The van der Waals surface area contributed by atoms with Crippen molar-refractivity contribution in [3.8, 4) is 0 Å². The predicted molar refractivity (Wildman–Crippen MR) is 90.2 cm³/mol. The first-order valence-corrected chi connectivity index (χ1v) is 7.84. The van der Waals surface area contributed by atoms with Crippen LogP contribution < -0.4 is 10.2 Å². The first-order chi connectivity index (χ1) is 10.2. The Bertz CT molecular complexity index is 592. The summed E-state index contributed by atoms with van der Waals surface area (Å²) in [7, 11) is 0. The fourth-order valence-corrected chi connectivity index (χ4v) is 3.40. The SMILES string of the molecule is Cc1cccc(Cl)c1N1CC(c2ccccc2)NCC1C. The average Bonchev–Trinajstić information content (AvgIpc) is 2.50. The molecule has 0 aromatic heterocycles. The number of nitrogens with zero attached hydrogens (tertiary/aromatic N) is 1. The Morgan fingerprint density at radius 2 is 1.86 bits per heavy atom. The third-order valence-corrected chi connectivity index (χ3v) is 4.55. The number of benzene rings is 2. The molecule has 0 spiro atoms. The van der Waals surface area contributed by atoms with E-state index in [0.717, 1.165) is 18.1 Å². The normalized spacial score (nSPS) is 22.3. The maximum atomic E-state index is 6.46.